The Balaban J connectivity index is 0.000000235. The van der Waals surface area contributed by atoms with Crippen molar-refractivity contribution in [2.45, 2.75) is 66.9 Å². The van der Waals surface area contributed by atoms with Crippen LogP contribution in [0.25, 0.3) is 10.5 Å². The third-order valence-electron chi connectivity index (χ3n) is 10.0. The van der Waals surface area contributed by atoms with Crippen LogP contribution in [0.1, 0.15) is 70.8 Å². The minimum atomic E-state index is -0.506. The molecule has 2 aliphatic rings. The van der Waals surface area contributed by atoms with Crippen molar-refractivity contribution in [3.63, 3.8) is 0 Å². The zero-order chi connectivity index (χ0) is 43.7. The standard InChI is InChI=1S/C25H32N6O2.C9H9N.C7H6O.C5H13BN2O/c1-18-10-9-11-19(2)21(18)31-23(26-27-28-31)22(20-12-7-6-8-13-20)29-14-16-30(17-15-29)24(32)33-25(3,4)5;1-7-5-4-6-8(2)9(7)10-3;8-6-7-4-2-1-3-5-7;1-6(9)8-4-2-7-3-5-8/h6-13,22H,14-17H2,1-5H3;4-6H,1-2H3;1-6H;7,9H,2-5H2,1H3. The van der Waals surface area contributed by atoms with Gasteiger partial charge in [-0.15, -0.1) is 5.10 Å². The highest BCUT2D eigenvalue weighted by atomic mass is 16.6. The van der Waals surface area contributed by atoms with Crippen LogP contribution >= 0.6 is 0 Å². The number of nitrogens with one attached hydrogen (secondary N) is 1. The fourth-order valence-corrected chi connectivity index (χ4v) is 6.88. The molecule has 2 saturated heterocycles. The second-order valence-electron chi connectivity index (χ2n) is 15.8. The van der Waals surface area contributed by atoms with Gasteiger partial charge in [-0.2, -0.15) is 4.68 Å². The maximum Gasteiger partial charge on any atom is 0.410 e. The fourth-order valence-electron chi connectivity index (χ4n) is 6.88. The van der Waals surface area contributed by atoms with Crippen LogP contribution in [-0.2, 0) is 4.74 Å². The molecular weight excluding hydrogens is 753 g/mol. The molecule has 3 heterocycles. The Bertz CT molecular complexity index is 2080. The number of nitrogens with zero attached hydrogens (tertiary/aromatic N) is 8. The smallest absolute Gasteiger partial charge is 0.410 e. The molecular formula is C46H60BN9O4. The van der Waals surface area contributed by atoms with Crippen LogP contribution in [0.15, 0.2) is 97.1 Å². The monoisotopic (exact) mass is 813 g/mol. The van der Waals surface area contributed by atoms with Crippen molar-refractivity contribution in [3.8, 4) is 5.69 Å². The number of tetrazole rings is 1. The number of para-hydroxylation sites is 2. The quantitative estimate of drug-likeness (QED) is 0.102. The topological polar surface area (TPSA) is 133 Å². The predicted octanol–water partition coefficient (Wildman–Crippen LogP) is 7.28. The summed E-state index contributed by atoms with van der Waals surface area (Å²) in [5.74, 6) is 0.768. The van der Waals surface area contributed by atoms with Gasteiger partial charge in [0.1, 0.15) is 11.9 Å². The number of aldehydes is 1. The van der Waals surface area contributed by atoms with Crippen molar-refractivity contribution in [2.24, 2.45) is 0 Å². The Morgan fingerprint density at radius 3 is 1.80 bits per heavy atom. The molecule has 0 aliphatic carbocycles. The number of ether oxygens (including phenoxy) is 1. The van der Waals surface area contributed by atoms with Gasteiger partial charge in [-0.3, -0.25) is 9.69 Å². The first-order chi connectivity index (χ1) is 28.7. The van der Waals surface area contributed by atoms with Crippen molar-refractivity contribution >= 4 is 25.1 Å². The van der Waals surface area contributed by atoms with E-state index in [9.17, 15) is 9.59 Å². The molecule has 60 heavy (non-hydrogen) atoms. The van der Waals surface area contributed by atoms with E-state index in [2.05, 4.69) is 73.5 Å². The van der Waals surface area contributed by atoms with Gasteiger partial charge in [0.2, 0.25) is 0 Å². The summed E-state index contributed by atoms with van der Waals surface area (Å²) in [6.07, 6.45) is 0.568. The van der Waals surface area contributed by atoms with Gasteiger partial charge in [0.15, 0.2) is 11.5 Å². The third kappa shape index (κ3) is 14.0. The minimum Gasteiger partial charge on any atom is -0.444 e. The molecule has 2 aliphatic heterocycles. The molecule has 0 radical (unpaired) electrons. The first-order valence-electron chi connectivity index (χ1n) is 20.4. The molecule has 1 unspecified atom stereocenters. The van der Waals surface area contributed by atoms with Crippen LogP contribution in [0.4, 0.5) is 10.5 Å². The number of amides is 1. The summed E-state index contributed by atoms with van der Waals surface area (Å²) < 4.78 is 7.43. The Morgan fingerprint density at radius 1 is 0.817 bits per heavy atom. The van der Waals surface area contributed by atoms with Crippen LogP contribution in [0.2, 0.25) is 6.82 Å². The molecule has 5 aromatic rings. The first kappa shape index (κ1) is 47.0. The summed E-state index contributed by atoms with van der Waals surface area (Å²) >= 11 is 0. The lowest BCUT2D eigenvalue weighted by molar-refractivity contribution is 0.0115. The Labute approximate surface area is 356 Å². The highest BCUT2D eigenvalue weighted by molar-refractivity contribution is 6.45. The number of carbonyl (C=O) groups excluding carboxylic acids is 2. The number of benzene rings is 4. The Kier molecular flexibility index (Phi) is 18.1. The van der Waals surface area contributed by atoms with Crippen LogP contribution in [0.3, 0.4) is 0 Å². The lowest BCUT2D eigenvalue weighted by Crippen LogP contribution is -2.51. The molecule has 0 bridgehead atoms. The van der Waals surface area contributed by atoms with Gasteiger partial charge in [0, 0.05) is 57.9 Å². The number of hydrogen-bond acceptors (Lipinski definition) is 10. The Morgan fingerprint density at radius 2 is 1.35 bits per heavy atom. The van der Waals surface area contributed by atoms with Crippen LogP contribution in [0, 0.1) is 34.3 Å². The van der Waals surface area contributed by atoms with Crippen molar-refractivity contribution in [3.05, 3.63) is 148 Å². The second kappa shape index (κ2) is 23.2. The number of aryl methyl sites for hydroxylation is 4. The van der Waals surface area contributed by atoms with Gasteiger partial charge in [0.05, 0.1) is 18.3 Å². The van der Waals surface area contributed by atoms with E-state index in [-0.39, 0.29) is 19.2 Å². The second-order valence-corrected chi connectivity index (χ2v) is 15.8. The largest absolute Gasteiger partial charge is 0.444 e. The summed E-state index contributed by atoms with van der Waals surface area (Å²) in [7, 11) is -0.271. The zero-order valence-corrected chi connectivity index (χ0v) is 36.4. The van der Waals surface area contributed by atoms with Gasteiger partial charge < -0.3 is 24.8 Å². The molecule has 316 valence electrons. The molecule has 4 aromatic carbocycles. The van der Waals surface area contributed by atoms with Crippen molar-refractivity contribution in [1.82, 2.24) is 40.1 Å². The summed E-state index contributed by atoms with van der Waals surface area (Å²) in [5, 5.41) is 25.2. The van der Waals surface area contributed by atoms with E-state index >= 15 is 0 Å². The van der Waals surface area contributed by atoms with E-state index in [4.69, 9.17) is 16.3 Å². The van der Waals surface area contributed by atoms with E-state index in [1.807, 2.05) is 107 Å². The maximum absolute atomic E-state index is 12.6. The van der Waals surface area contributed by atoms with Gasteiger partial charge in [-0.1, -0.05) is 97.1 Å². The fraction of sp³-hybridized carbons (Fsp3) is 0.391. The number of carbonyl (C=O) groups is 2. The zero-order valence-electron chi connectivity index (χ0n) is 36.4. The minimum absolute atomic E-state index is 0.138. The van der Waals surface area contributed by atoms with Crippen LogP contribution in [0.5, 0.6) is 0 Å². The average molecular weight is 814 g/mol. The molecule has 2 fully saturated rings. The van der Waals surface area contributed by atoms with Crippen molar-refractivity contribution in [1.29, 1.82) is 0 Å². The van der Waals surface area contributed by atoms with Crippen molar-refractivity contribution < 1.29 is 19.3 Å². The van der Waals surface area contributed by atoms with Gasteiger partial charge >= 0.3 is 13.1 Å². The lowest BCUT2D eigenvalue weighted by Gasteiger charge is -2.39. The lowest BCUT2D eigenvalue weighted by atomic mass is 9.84. The van der Waals surface area contributed by atoms with Crippen LogP contribution < -0.4 is 5.32 Å². The van der Waals surface area contributed by atoms with E-state index in [0.717, 1.165) is 83.0 Å². The van der Waals surface area contributed by atoms with E-state index < -0.39 is 5.60 Å². The van der Waals surface area contributed by atoms with Crippen LogP contribution in [-0.4, -0.2) is 117 Å². The Hall–Kier alpha value is -5.72. The SMILES string of the molecule is CB(O)N1CCNCC1.Cc1cccc(C)c1-n1nnnc1C(c1ccccc1)N1CCN(C(=O)OC(C)(C)C)CC1.O=Cc1ccccc1.[C-]#[N+]c1c(C)cccc1C. The summed E-state index contributed by atoms with van der Waals surface area (Å²) in [6.45, 7) is 28.9. The molecule has 1 amide bonds. The summed E-state index contributed by atoms with van der Waals surface area (Å²) in [6, 6.07) is 31.3. The molecule has 14 heteroatoms. The number of hydrogen-bond donors (Lipinski definition) is 2. The first-order valence-corrected chi connectivity index (χ1v) is 20.4. The molecule has 13 nitrogen and oxygen atoms in total. The van der Waals surface area contributed by atoms with E-state index in [1.165, 1.54) is 0 Å². The highest BCUT2D eigenvalue weighted by Gasteiger charge is 2.33. The predicted molar refractivity (Wildman–Crippen MR) is 239 cm³/mol. The molecule has 0 spiro atoms. The molecule has 7 rings (SSSR count). The normalized spacial score (nSPS) is 14.7. The van der Waals surface area contributed by atoms with Gasteiger partial charge in [-0.05, 0) is 93.5 Å². The molecule has 1 aromatic heterocycles. The van der Waals surface area contributed by atoms with Gasteiger partial charge in [0.25, 0.3) is 0 Å². The van der Waals surface area contributed by atoms with Crippen molar-refractivity contribution in [2.75, 3.05) is 52.4 Å². The number of piperazine rings is 2. The highest BCUT2D eigenvalue weighted by Crippen LogP contribution is 2.31. The number of rotatable bonds is 6. The van der Waals surface area contributed by atoms with Gasteiger partial charge in [-0.25, -0.2) is 9.64 Å². The summed E-state index contributed by atoms with van der Waals surface area (Å²) in [5.41, 5.74) is 7.50. The summed E-state index contributed by atoms with van der Waals surface area (Å²) in [4.78, 5) is 32.1. The molecule has 2 N–H and O–H groups in total. The third-order valence-corrected chi connectivity index (χ3v) is 10.0. The van der Waals surface area contributed by atoms with E-state index in [1.54, 1.807) is 17.0 Å². The molecule has 0 saturated carbocycles. The maximum atomic E-state index is 12.6. The molecule has 1 atom stereocenters. The van der Waals surface area contributed by atoms with E-state index in [0.29, 0.717) is 26.2 Å². The average Bonchev–Trinajstić information content (AvgIpc) is 3.71. The number of aromatic nitrogens is 4.